The van der Waals surface area contributed by atoms with Gasteiger partial charge in [0.25, 0.3) is 0 Å². The predicted molar refractivity (Wildman–Crippen MR) is 84.3 cm³/mol. The van der Waals surface area contributed by atoms with E-state index in [1.165, 1.54) is 0 Å². The van der Waals surface area contributed by atoms with Crippen LogP contribution in [0.25, 0.3) is 0 Å². The summed E-state index contributed by atoms with van der Waals surface area (Å²) in [7, 11) is 0. The van der Waals surface area contributed by atoms with Crippen molar-refractivity contribution in [3.8, 4) is 5.88 Å². The minimum atomic E-state index is 0.240. The lowest BCUT2D eigenvalue weighted by Gasteiger charge is -2.16. The molecule has 0 aromatic carbocycles. The molecule has 0 aliphatic carbocycles. The molecule has 1 rings (SSSR count). The molecule has 0 fully saturated rings. The second-order valence-electron chi connectivity index (χ2n) is 5.78. The lowest BCUT2D eigenvalue weighted by atomic mass is 10.2. The van der Waals surface area contributed by atoms with Crippen molar-refractivity contribution in [3.05, 3.63) is 5.82 Å². The van der Waals surface area contributed by atoms with Crippen LogP contribution in [0.1, 0.15) is 59.2 Å². The first-order valence-electron chi connectivity index (χ1n) is 7.49. The fourth-order valence-electron chi connectivity index (χ4n) is 1.58. The summed E-state index contributed by atoms with van der Waals surface area (Å²) in [4.78, 5) is 8.94. The smallest absolute Gasteiger partial charge is 0.242 e. The minimum absolute atomic E-state index is 0.240. The Kier molecular flexibility index (Phi) is 6.55. The summed E-state index contributed by atoms with van der Waals surface area (Å²) in [5.41, 5.74) is 6.61. The van der Waals surface area contributed by atoms with Crippen LogP contribution in [0.4, 0.5) is 11.5 Å². The van der Waals surface area contributed by atoms with Crippen LogP contribution < -0.4 is 15.8 Å². The average molecular weight is 280 g/mol. The number of unbranched alkanes of at least 4 members (excludes halogenated alkanes) is 1. The Labute approximate surface area is 122 Å². The number of nitrogens with one attached hydrogen (secondary N) is 1. The Bertz CT molecular complexity index is 419. The number of nitrogens with two attached hydrogens (primary N) is 1. The van der Waals surface area contributed by atoms with Gasteiger partial charge in [0.2, 0.25) is 5.88 Å². The third kappa shape index (κ3) is 4.87. The summed E-state index contributed by atoms with van der Waals surface area (Å²) >= 11 is 0. The van der Waals surface area contributed by atoms with Crippen LogP contribution in [-0.4, -0.2) is 23.1 Å². The molecule has 0 unspecified atom stereocenters. The maximum atomic E-state index is 6.11. The fraction of sp³-hybridized carbons (Fsp3) is 0.733. The third-order valence-electron chi connectivity index (χ3n) is 2.86. The number of nitrogens with zero attached hydrogens (tertiary/aromatic N) is 2. The van der Waals surface area contributed by atoms with E-state index in [2.05, 4.69) is 49.9 Å². The zero-order valence-corrected chi connectivity index (χ0v) is 13.4. The van der Waals surface area contributed by atoms with Gasteiger partial charge in [0, 0.05) is 12.5 Å². The lowest BCUT2D eigenvalue weighted by molar-refractivity contribution is 0.298. The van der Waals surface area contributed by atoms with Crippen molar-refractivity contribution in [1.82, 2.24) is 9.97 Å². The van der Waals surface area contributed by atoms with Crippen molar-refractivity contribution >= 4 is 11.5 Å². The summed E-state index contributed by atoms with van der Waals surface area (Å²) < 4.78 is 5.70. The zero-order chi connectivity index (χ0) is 15.1. The largest absolute Gasteiger partial charge is 0.476 e. The molecule has 0 bridgehead atoms. The van der Waals surface area contributed by atoms with Gasteiger partial charge in [-0.3, -0.25) is 0 Å². The Morgan fingerprint density at radius 3 is 2.45 bits per heavy atom. The van der Waals surface area contributed by atoms with E-state index >= 15 is 0 Å². The van der Waals surface area contributed by atoms with Crippen molar-refractivity contribution in [2.24, 2.45) is 5.92 Å². The molecule has 0 aliphatic rings. The molecule has 0 aliphatic heterocycles. The molecule has 114 valence electrons. The molecule has 5 nitrogen and oxygen atoms in total. The third-order valence-corrected chi connectivity index (χ3v) is 2.86. The first-order chi connectivity index (χ1) is 9.45. The van der Waals surface area contributed by atoms with E-state index in [4.69, 9.17) is 10.5 Å². The quantitative estimate of drug-likeness (QED) is 0.714. The standard InChI is InChI=1S/C15H28N4O/c1-6-7-8-20-15-12(16)14(17-9-10(2)3)18-13(19-15)11(4)5/h10-11H,6-9,16H2,1-5H3,(H,17,18,19). The molecule has 5 heteroatoms. The van der Waals surface area contributed by atoms with Gasteiger partial charge in [-0.1, -0.05) is 41.0 Å². The molecule has 0 spiro atoms. The zero-order valence-electron chi connectivity index (χ0n) is 13.4. The first kappa shape index (κ1) is 16.5. The van der Waals surface area contributed by atoms with Crippen LogP contribution in [0.2, 0.25) is 0 Å². The van der Waals surface area contributed by atoms with E-state index in [0.29, 0.717) is 29.9 Å². The Hall–Kier alpha value is -1.52. The van der Waals surface area contributed by atoms with E-state index in [1.54, 1.807) is 0 Å². The molecular weight excluding hydrogens is 252 g/mol. The highest BCUT2D eigenvalue weighted by Crippen LogP contribution is 2.28. The van der Waals surface area contributed by atoms with Crippen molar-refractivity contribution in [2.45, 2.75) is 53.4 Å². The second-order valence-corrected chi connectivity index (χ2v) is 5.78. The Morgan fingerprint density at radius 2 is 1.90 bits per heavy atom. The van der Waals surface area contributed by atoms with E-state index in [-0.39, 0.29) is 5.92 Å². The van der Waals surface area contributed by atoms with Gasteiger partial charge in [0.1, 0.15) is 11.5 Å². The summed E-state index contributed by atoms with van der Waals surface area (Å²) in [5.74, 6) is 2.71. The first-order valence-corrected chi connectivity index (χ1v) is 7.49. The van der Waals surface area contributed by atoms with Gasteiger partial charge < -0.3 is 15.8 Å². The average Bonchev–Trinajstić information content (AvgIpc) is 2.39. The fourth-order valence-corrected chi connectivity index (χ4v) is 1.58. The summed E-state index contributed by atoms with van der Waals surface area (Å²) in [6.07, 6.45) is 2.08. The second kappa shape index (κ2) is 7.92. The maximum Gasteiger partial charge on any atom is 0.242 e. The minimum Gasteiger partial charge on any atom is -0.476 e. The molecule has 1 heterocycles. The SMILES string of the molecule is CCCCOc1nc(C(C)C)nc(NCC(C)C)c1N. The van der Waals surface area contributed by atoms with Crippen LogP contribution in [-0.2, 0) is 0 Å². The van der Waals surface area contributed by atoms with Crippen LogP contribution >= 0.6 is 0 Å². The van der Waals surface area contributed by atoms with Gasteiger partial charge >= 0.3 is 0 Å². The number of rotatable bonds is 8. The summed E-state index contributed by atoms with van der Waals surface area (Å²) in [6.45, 7) is 12.0. The number of anilines is 2. The van der Waals surface area contributed by atoms with Crippen LogP contribution in [0.3, 0.4) is 0 Å². The van der Waals surface area contributed by atoms with E-state index in [9.17, 15) is 0 Å². The molecule has 1 aromatic heterocycles. The summed E-state index contributed by atoms with van der Waals surface area (Å²) in [5, 5.41) is 3.28. The number of hydrogen-bond acceptors (Lipinski definition) is 5. The number of nitrogen functional groups attached to an aromatic ring is 1. The van der Waals surface area contributed by atoms with Crippen molar-refractivity contribution in [2.75, 3.05) is 24.2 Å². The van der Waals surface area contributed by atoms with Gasteiger partial charge in [-0.05, 0) is 12.3 Å². The van der Waals surface area contributed by atoms with Crippen LogP contribution in [0, 0.1) is 5.92 Å². The molecule has 20 heavy (non-hydrogen) atoms. The molecule has 0 saturated carbocycles. The van der Waals surface area contributed by atoms with Crippen molar-refractivity contribution < 1.29 is 4.74 Å². The monoisotopic (exact) mass is 280 g/mol. The maximum absolute atomic E-state index is 6.11. The Morgan fingerprint density at radius 1 is 1.20 bits per heavy atom. The number of hydrogen-bond donors (Lipinski definition) is 2. The highest BCUT2D eigenvalue weighted by atomic mass is 16.5. The molecule has 0 radical (unpaired) electrons. The normalized spacial score (nSPS) is 11.2. The summed E-state index contributed by atoms with van der Waals surface area (Å²) in [6, 6.07) is 0. The molecule has 0 atom stereocenters. The number of aromatic nitrogens is 2. The lowest BCUT2D eigenvalue weighted by Crippen LogP contribution is -2.15. The topological polar surface area (TPSA) is 73.1 Å². The van der Waals surface area contributed by atoms with E-state index < -0.39 is 0 Å². The Balaban J connectivity index is 2.96. The number of ether oxygens (including phenoxy) is 1. The van der Waals surface area contributed by atoms with Crippen molar-refractivity contribution in [1.29, 1.82) is 0 Å². The van der Waals surface area contributed by atoms with Gasteiger partial charge in [-0.15, -0.1) is 0 Å². The van der Waals surface area contributed by atoms with Gasteiger partial charge in [-0.25, -0.2) is 4.98 Å². The van der Waals surface area contributed by atoms with Gasteiger partial charge in [0.15, 0.2) is 5.82 Å². The molecule has 0 saturated heterocycles. The molecule has 1 aromatic rings. The molecule has 0 amide bonds. The van der Waals surface area contributed by atoms with E-state index in [0.717, 1.165) is 25.2 Å². The predicted octanol–water partition coefficient (Wildman–Crippen LogP) is 3.43. The van der Waals surface area contributed by atoms with Gasteiger partial charge in [0.05, 0.1) is 6.61 Å². The molecular formula is C15H28N4O. The van der Waals surface area contributed by atoms with Gasteiger partial charge in [-0.2, -0.15) is 4.98 Å². The van der Waals surface area contributed by atoms with Crippen molar-refractivity contribution in [3.63, 3.8) is 0 Å². The van der Waals surface area contributed by atoms with Crippen LogP contribution in [0.15, 0.2) is 0 Å². The van der Waals surface area contributed by atoms with Crippen LogP contribution in [0.5, 0.6) is 5.88 Å². The molecule has 3 N–H and O–H groups in total. The highest BCUT2D eigenvalue weighted by molar-refractivity contribution is 5.67. The van der Waals surface area contributed by atoms with E-state index in [1.807, 2.05) is 0 Å². The highest BCUT2D eigenvalue weighted by Gasteiger charge is 2.15.